The van der Waals surface area contributed by atoms with Gasteiger partial charge in [-0.1, -0.05) is 18.2 Å². The van der Waals surface area contributed by atoms with E-state index in [0.29, 0.717) is 6.42 Å². The average Bonchev–Trinajstić information content (AvgIpc) is 2.52. The predicted molar refractivity (Wildman–Crippen MR) is 81.5 cm³/mol. The minimum atomic E-state index is -0.338. The van der Waals surface area contributed by atoms with Crippen molar-refractivity contribution in [3.8, 4) is 11.5 Å². The fourth-order valence-corrected chi connectivity index (χ4v) is 2.32. The van der Waals surface area contributed by atoms with Crippen LogP contribution in [0.5, 0.6) is 11.5 Å². The summed E-state index contributed by atoms with van der Waals surface area (Å²) < 4.78 is 23.9. The van der Waals surface area contributed by atoms with Crippen LogP contribution in [-0.2, 0) is 6.42 Å². The van der Waals surface area contributed by atoms with E-state index in [9.17, 15) is 4.39 Å². The van der Waals surface area contributed by atoms with Crippen LogP contribution < -0.4 is 14.8 Å². The molecule has 2 rings (SSSR count). The predicted octanol–water partition coefficient (Wildman–Crippen LogP) is 3.35. The van der Waals surface area contributed by atoms with Gasteiger partial charge in [-0.2, -0.15) is 0 Å². The third kappa shape index (κ3) is 3.73. The molecule has 0 aromatic heterocycles. The molecule has 1 atom stereocenters. The standard InChI is InChI=1S/C17H20FNO2/c1-19-16(13-5-4-6-14(11-13)20-2)10-12-7-8-17(21-3)15(18)9-12/h4-9,11,16,19H,10H2,1-3H3. The molecule has 0 fully saturated rings. The summed E-state index contributed by atoms with van der Waals surface area (Å²) in [7, 11) is 5.00. The second-order valence-electron chi connectivity index (χ2n) is 4.79. The molecule has 0 amide bonds. The second-order valence-corrected chi connectivity index (χ2v) is 4.79. The minimum absolute atomic E-state index is 0.0906. The zero-order valence-electron chi connectivity index (χ0n) is 12.5. The Kier molecular flexibility index (Phi) is 5.17. The quantitative estimate of drug-likeness (QED) is 0.884. The first-order valence-corrected chi connectivity index (χ1v) is 6.81. The Hall–Kier alpha value is -2.07. The monoisotopic (exact) mass is 289 g/mol. The Labute approximate surface area is 124 Å². The van der Waals surface area contributed by atoms with Crippen LogP contribution >= 0.6 is 0 Å². The van der Waals surface area contributed by atoms with Crippen molar-refractivity contribution in [2.75, 3.05) is 21.3 Å². The van der Waals surface area contributed by atoms with Crippen LogP contribution in [-0.4, -0.2) is 21.3 Å². The van der Waals surface area contributed by atoms with Gasteiger partial charge in [0.15, 0.2) is 11.6 Å². The van der Waals surface area contributed by atoms with Crippen LogP contribution in [0.4, 0.5) is 4.39 Å². The van der Waals surface area contributed by atoms with E-state index in [2.05, 4.69) is 5.32 Å². The van der Waals surface area contributed by atoms with Gasteiger partial charge in [0.25, 0.3) is 0 Å². The normalized spacial score (nSPS) is 12.0. The molecule has 4 heteroatoms. The topological polar surface area (TPSA) is 30.5 Å². The number of rotatable bonds is 6. The van der Waals surface area contributed by atoms with Gasteiger partial charge in [0, 0.05) is 6.04 Å². The summed E-state index contributed by atoms with van der Waals surface area (Å²) >= 11 is 0. The van der Waals surface area contributed by atoms with Crippen LogP contribution in [0.25, 0.3) is 0 Å². The zero-order chi connectivity index (χ0) is 15.2. The molecule has 0 saturated heterocycles. The van der Waals surface area contributed by atoms with E-state index >= 15 is 0 Å². The van der Waals surface area contributed by atoms with Crippen LogP contribution in [0.2, 0.25) is 0 Å². The molecule has 1 N–H and O–H groups in total. The van der Waals surface area contributed by atoms with E-state index in [0.717, 1.165) is 16.9 Å². The summed E-state index contributed by atoms with van der Waals surface area (Å²) in [5, 5.41) is 3.26. The maximum Gasteiger partial charge on any atom is 0.165 e. The number of hydrogen-bond donors (Lipinski definition) is 1. The maximum absolute atomic E-state index is 13.8. The highest BCUT2D eigenvalue weighted by molar-refractivity contribution is 5.34. The van der Waals surface area contributed by atoms with Crippen molar-refractivity contribution in [1.29, 1.82) is 0 Å². The summed E-state index contributed by atoms with van der Waals surface area (Å²) in [6.45, 7) is 0. The lowest BCUT2D eigenvalue weighted by Crippen LogP contribution is -2.19. The first-order valence-electron chi connectivity index (χ1n) is 6.81. The van der Waals surface area contributed by atoms with Crippen molar-refractivity contribution in [3.63, 3.8) is 0 Å². The molecule has 0 aliphatic rings. The van der Waals surface area contributed by atoms with Gasteiger partial charge in [-0.25, -0.2) is 4.39 Å². The summed E-state index contributed by atoms with van der Waals surface area (Å²) in [4.78, 5) is 0. The Balaban J connectivity index is 2.20. The van der Waals surface area contributed by atoms with E-state index in [4.69, 9.17) is 9.47 Å². The van der Waals surface area contributed by atoms with Gasteiger partial charge < -0.3 is 14.8 Å². The molecule has 112 valence electrons. The second kappa shape index (κ2) is 7.09. The highest BCUT2D eigenvalue weighted by Crippen LogP contribution is 2.24. The maximum atomic E-state index is 13.8. The molecular weight excluding hydrogens is 269 g/mol. The molecule has 0 heterocycles. The van der Waals surface area contributed by atoms with Gasteiger partial charge in [0.2, 0.25) is 0 Å². The lowest BCUT2D eigenvalue weighted by molar-refractivity contribution is 0.386. The molecular formula is C17H20FNO2. The molecule has 21 heavy (non-hydrogen) atoms. The van der Waals surface area contributed by atoms with Crippen molar-refractivity contribution < 1.29 is 13.9 Å². The molecule has 2 aromatic rings. The number of halogens is 1. The lowest BCUT2D eigenvalue weighted by Gasteiger charge is -2.18. The Morgan fingerprint density at radius 2 is 1.90 bits per heavy atom. The van der Waals surface area contributed by atoms with E-state index in [1.807, 2.05) is 37.4 Å². The van der Waals surface area contributed by atoms with E-state index in [1.165, 1.54) is 13.2 Å². The molecule has 3 nitrogen and oxygen atoms in total. The molecule has 0 spiro atoms. The Morgan fingerprint density at radius 3 is 2.52 bits per heavy atom. The third-order valence-corrected chi connectivity index (χ3v) is 3.50. The summed E-state index contributed by atoms with van der Waals surface area (Å²) in [5.41, 5.74) is 2.02. The fraction of sp³-hybridized carbons (Fsp3) is 0.294. The van der Waals surface area contributed by atoms with Crippen LogP contribution in [0.1, 0.15) is 17.2 Å². The summed E-state index contributed by atoms with van der Waals surface area (Å²) in [6.07, 6.45) is 0.685. The number of ether oxygens (including phenoxy) is 2. The highest BCUT2D eigenvalue weighted by Gasteiger charge is 2.12. The zero-order valence-corrected chi connectivity index (χ0v) is 12.5. The van der Waals surface area contributed by atoms with Crippen molar-refractivity contribution >= 4 is 0 Å². The molecule has 0 aliphatic carbocycles. The first-order chi connectivity index (χ1) is 10.2. The molecule has 0 saturated carbocycles. The van der Waals surface area contributed by atoms with Crippen molar-refractivity contribution in [3.05, 3.63) is 59.4 Å². The van der Waals surface area contributed by atoms with E-state index in [1.54, 1.807) is 13.2 Å². The van der Waals surface area contributed by atoms with Gasteiger partial charge in [0.1, 0.15) is 5.75 Å². The van der Waals surface area contributed by atoms with Gasteiger partial charge in [-0.15, -0.1) is 0 Å². The fourth-order valence-electron chi connectivity index (χ4n) is 2.32. The van der Waals surface area contributed by atoms with Gasteiger partial charge in [-0.3, -0.25) is 0 Å². The van der Waals surface area contributed by atoms with Gasteiger partial charge in [-0.05, 0) is 48.9 Å². The average molecular weight is 289 g/mol. The number of likely N-dealkylation sites (N-methyl/N-ethyl adjacent to an activating group) is 1. The number of hydrogen-bond acceptors (Lipinski definition) is 3. The Morgan fingerprint density at radius 1 is 1.10 bits per heavy atom. The van der Waals surface area contributed by atoms with Crippen molar-refractivity contribution in [1.82, 2.24) is 5.32 Å². The van der Waals surface area contributed by atoms with Crippen LogP contribution in [0.15, 0.2) is 42.5 Å². The first kappa shape index (κ1) is 15.3. The van der Waals surface area contributed by atoms with Crippen molar-refractivity contribution in [2.24, 2.45) is 0 Å². The molecule has 2 aromatic carbocycles. The van der Waals surface area contributed by atoms with Crippen LogP contribution in [0, 0.1) is 5.82 Å². The third-order valence-electron chi connectivity index (χ3n) is 3.50. The number of nitrogens with one attached hydrogen (secondary N) is 1. The number of benzene rings is 2. The molecule has 0 radical (unpaired) electrons. The van der Waals surface area contributed by atoms with Crippen molar-refractivity contribution in [2.45, 2.75) is 12.5 Å². The van der Waals surface area contributed by atoms with E-state index < -0.39 is 0 Å². The Bertz CT molecular complexity index is 601. The highest BCUT2D eigenvalue weighted by atomic mass is 19.1. The lowest BCUT2D eigenvalue weighted by atomic mass is 9.98. The SMILES string of the molecule is CNC(Cc1ccc(OC)c(F)c1)c1cccc(OC)c1. The van der Waals surface area contributed by atoms with Crippen LogP contribution in [0.3, 0.4) is 0 Å². The van der Waals surface area contributed by atoms with E-state index in [-0.39, 0.29) is 17.6 Å². The number of methoxy groups -OCH3 is 2. The summed E-state index contributed by atoms with van der Waals surface area (Å²) in [5.74, 6) is 0.741. The minimum Gasteiger partial charge on any atom is -0.497 e. The van der Waals surface area contributed by atoms with Gasteiger partial charge in [0.05, 0.1) is 14.2 Å². The van der Waals surface area contributed by atoms with Gasteiger partial charge >= 0.3 is 0 Å². The largest absolute Gasteiger partial charge is 0.497 e. The smallest absolute Gasteiger partial charge is 0.165 e. The summed E-state index contributed by atoms with van der Waals surface area (Å²) in [6, 6.07) is 13.0. The molecule has 0 aliphatic heterocycles. The molecule has 0 bridgehead atoms. The molecule has 1 unspecified atom stereocenters.